The molecule has 1 fully saturated rings. The summed E-state index contributed by atoms with van der Waals surface area (Å²) in [6, 6.07) is 3.84. The van der Waals surface area contributed by atoms with Crippen LogP contribution in [0.2, 0.25) is 0 Å². The maximum absolute atomic E-state index is 13.1. The number of pyridine rings is 1. The second-order valence-corrected chi connectivity index (χ2v) is 6.57. The molecule has 1 aliphatic heterocycles. The topological polar surface area (TPSA) is 88.3 Å². The molecule has 2 aromatic rings. The number of amides is 2. The summed E-state index contributed by atoms with van der Waals surface area (Å²) < 4.78 is 5.22. The van der Waals surface area contributed by atoms with Gasteiger partial charge in [-0.1, -0.05) is 18.1 Å². The van der Waals surface area contributed by atoms with Crippen LogP contribution in [0.5, 0.6) is 0 Å². The van der Waals surface area contributed by atoms with E-state index in [1.165, 1.54) is 6.92 Å². The molecule has 7 heteroatoms. The number of rotatable bonds is 5. The minimum atomic E-state index is -0.0718. The second kappa shape index (κ2) is 7.68. The molecule has 3 heterocycles. The minimum Gasteiger partial charge on any atom is -0.361 e. The summed E-state index contributed by atoms with van der Waals surface area (Å²) >= 11 is 0. The van der Waals surface area contributed by atoms with Crippen molar-refractivity contribution in [1.82, 2.24) is 20.4 Å². The standard InChI is InChI=1S/C19H24N4O3/c1-4-15-18(12(2)26-22-15)19(25)23-9-5-6-17(23)16-8-7-14(11-21-16)10-20-13(3)24/h7-8,11,17H,4-6,9-10H2,1-3H3,(H,20,24)/t17-/m1/s1. The van der Waals surface area contributed by atoms with Gasteiger partial charge in [0, 0.05) is 26.2 Å². The van der Waals surface area contributed by atoms with Gasteiger partial charge in [0.1, 0.15) is 11.3 Å². The fourth-order valence-electron chi connectivity index (χ4n) is 3.36. The third kappa shape index (κ3) is 3.61. The van der Waals surface area contributed by atoms with Gasteiger partial charge in [0.2, 0.25) is 5.91 Å². The Morgan fingerprint density at radius 2 is 2.19 bits per heavy atom. The molecule has 138 valence electrons. The van der Waals surface area contributed by atoms with Gasteiger partial charge in [-0.2, -0.15) is 0 Å². The lowest BCUT2D eigenvalue weighted by Gasteiger charge is -2.24. The first-order chi connectivity index (χ1) is 12.5. The highest BCUT2D eigenvalue weighted by molar-refractivity contribution is 5.96. The van der Waals surface area contributed by atoms with E-state index < -0.39 is 0 Å². The zero-order valence-electron chi connectivity index (χ0n) is 15.4. The van der Waals surface area contributed by atoms with Crippen LogP contribution in [-0.4, -0.2) is 33.4 Å². The molecule has 1 saturated heterocycles. The van der Waals surface area contributed by atoms with Crippen LogP contribution in [-0.2, 0) is 17.8 Å². The minimum absolute atomic E-state index is 0.0350. The van der Waals surface area contributed by atoms with Crippen molar-refractivity contribution in [3.63, 3.8) is 0 Å². The monoisotopic (exact) mass is 356 g/mol. The van der Waals surface area contributed by atoms with Gasteiger partial charge >= 0.3 is 0 Å². The Morgan fingerprint density at radius 3 is 2.85 bits per heavy atom. The fraction of sp³-hybridized carbons (Fsp3) is 0.474. The lowest BCUT2D eigenvalue weighted by Crippen LogP contribution is -2.31. The Hall–Kier alpha value is -2.70. The molecule has 0 saturated carbocycles. The molecule has 1 aliphatic rings. The van der Waals surface area contributed by atoms with E-state index in [-0.39, 0.29) is 17.9 Å². The van der Waals surface area contributed by atoms with Gasteiger partial charge in [0.25, 0.3) is 5.91 Å². The summed E-state index contributed by atoms with van der Waals surface area (Å²) in [5.41, 5.74) is 3.09. The van der Waals surface area contributed by atoms with E-state index in [0.717, 1.165) is 24.1 Å². The Kier molecular flexibility index (Phi) is 5.35. The van der Waals surface area contributed by atoms with Gasteiger partial charge in [-0.15, -0.1) is 0 Å². The molecule has 0 bridgehead atoms. The maximum Gasteiger partial charge on any atom is 0.259 e. The first-order valence-corrected chi connectivity index (χ1v) is 8.96. The number of hydrogen-bond donors (Lipinski definition) is 1. The molecule has 0 aliphatic carbocycles. The fourth-order valence-corrected chi connectivity index (χ4v) is 3.36. The third-order valence-corrected chi connectivity index (χ3v) is 4.73. The van der Waals surface area contributed by atoms with E-state index in [9.17, 15) is 9.59 Å². The van der Waals surface area contributed by atoms with Gasteiger partial charge in [0.05, 0.1) is 17.4 Å². The van der Waals surface area contributed by atoms with E-state index in [4.69, 9.17) is 4.52 Å². The van der Waals surface area contributed by atoms with Crippen molar-refractivity contribution < 1.29 is 14.1 Å². The number of aromatic nitrogens is 2. The van der Waals surface area contributed by atoms with Crippen LogP contribution in [0.15, 0.2) is 22.9 Å². The summed E-state index contributed by atoms with van der Waals surface area (Å²) in [7, 11) is 0. The Bertz CT molecular complexity index is 798. The summed E-state index contributed by atoms with van der Waals surface area (Å²) in [6.45, 7) is 6.38. The van der Waals surface area contributed by atoms with Crippen LogP contribution < -0.4 is 5.32 Å². The molecule has 2 aromatic heterocycles. The molecular formula is C19H24N4O3. The number of likely N-dealkylation sites (tertiary alicyclic amines) is 1. The van der Waals surface area contributed by atoms with Gasteiger partial charge in [0.15, 0.2) is 0 Å². The van der Waals surface area contributed by atoms with E-state index in [0.29, 0.717) is 36.5 Å². The zero-order valence-corrected chi connectivity index (χ0v) is 15.4. The average Bonchev–Trinajstić information content (AvgIpc) is 3.26. The van der Waals surface area contributed by atoms with E-state index >= 15 is 0 Å². The van der Waals surface area contributed by atoms with Crippen molar-refractivity contribution in [2.45, 2.75) is 52.6 Å². The van der Waals surface area contributed by atoms with E-state index in [1.54, 1.807) is 13.1 Å². The Balaban J connectivity index is 1.78. The Labute approximate surface area is 152 Å². The van der Waals surface area contributed by atoms with Crippen LogP contribution in [0.3, 0.4) is 0 Å². The predicted molar refractivity (Wildman–Crippen MR) is 95.4 cm³/mol. The normalized spacial score (nSPS) is 16.7. The quantitative estimate of drug-likeness (QED) is 0.889. The summed E-state index contributed by atoms with van der Waals surface area (Å²) in [5.74, 6) is 0.459. The van der Waals surface area contributed by atoms with Crippen molar-refractivity contribution in [3.8, 4) is 0 Å². The number of hydrogen-bond acceptors (Lipinski definition) is 5. The van der Waals surface area contributed by atoms with Crippen molar-refractivity contribution in [2.24, 2.45) is 0 Å². The van der Waals surface area contributed by atoms with E-state index in [2.05, 4.69) is 15.5 Å². The van der Waals surface area contributed by atoms with Gasteiger partial charge < -0.3 is 14.7 Å². The van der Waals surface area contributed by atoms with Gasteiger partial charge in [-0.25, -0.2) is 0 Å². The van der Waals surface area contributed by atoms with Crippen LogP contribution in [0, 0.1) is 6.92 Å². The van der Waals surface area contributed by atoms with Gasteiger partial charge in [-0.3, -0.25) is 14.6 Å². The SMILES string of the molecule is CCc1noc(C)c1C(=O)N1CCC[C@@H]1c1ccc(CNC(C)=O)cn1. The molecule has 0 spiro atoms. The van der Waals surface area contributed by atoms with Crippen LogP contribution in [0.4, 0.5) is 0 Å². The summed E-state index contributed by atoms with van der Waals surface area (Å²) in [5, 5.41) is 6.75. The largest absolute Gasteiger partial charge is 0.361 e. The molecular weight excluding hydrogens is 332 g/mol. The lowest BCUT2D eigenvalue weighted by molar-refractivity contribution is -0.119. The van der Waals surface area contributed by atoms with Crippen molar-refractivity contribution in [3.05, 3.63) is 46.6 Å². The van der Waals surface area contributed by atoms with Crippen LogP contribution in [0.25, 0.3) is 0 Å². The number of nitrogens with zero attached hydrogens (tertiary/aromatic N) is 3. The first-order valence-electron chi connectivity index (χ1n) is 8.96. The van der Waals surface area contributed by atoms with Crippen molar-refractivity contribution in [1.29, 1.82) is 0 Å². The number of nitrogens with one attached hydrogen (secondary N) is 1. The number of aryl methyl sites for hydroxylation is 2. The zero-order chi connectivity index (χ0) is 18.7. The first kappa shape index (κ1) is 18.1. The number of carbonyl (C=O) groups is 2. The molecule has 0 radical (unpaired) electrons. The molecule has 0 unspecified atom stereocenters. The smallest absolute Gasteiger partial charge is 0.259 e. The molecule has 26 heavy (non-hydrogen) atoms. The highest BCUT2D eigenvalue weighted by atomic mass is 16.5. The molecule has 0 aromatic carbocycles. The molecule has 3 rings (SSSR count). The van der Waals surface area contributed by atoms with Crippen LogP contribution in [0.1, 0.15) is 65.8 Å². The summed E-state index contributed by atoms with van der Waals surface area (Å²) in [6.07, 6.45) is 4.24. The Morgan fingerprint density at radius 1 is 1.38 bits per heavy atom. The summed E-state index contributed by atoms with van der Waals surface area (Å²) in [4.78, 5) is 30.5. The third-order valence-electron chi connectivity index (χ3n) is 4.73. The molecule has 1 N–H and O–H groups in total. The molecule has 1 atom stereocenters. The van der Waals surface area contributed by atoms with Crippen LogP contribution >= 0.6 is 0 Å². The predicted octanol–water partition coefficient (Wildman–Crippen LogP) is 2.55. The van der Waals surface area contributed by atoms with E-state index in [1.807, 2.05) is 24.0 Å². The average molecular weight is 356 g/mol. The molecule has 2 amide bonds. The van der Waals surface area contributed by atoms with Gasteiger partial charge in [-0.05, 0) is 37.8 Å². The van der Waals surface area contributed by atoms with Crippen molar-refractivity contribution >= 4 is 11.8 Å². The lowest BCUT2D eigenvalue weighted by atomic mass is 10.1. The molecule has 7 nitrogen and oxygen atoms in total. The van der Waals surface area contributed by atoms with Crippen molar-refractivity contribution in [2.75, 3.05) is 6.54 Å². The highest BCUT2D eigenvalue weighted by Gasteiger charge is 2.34. The number of carbonyl (C=O) groups excluding carboxylic acids is 2. The maximum atomic E-state index is 13.1. The second-order valence-electron chi connectivity index (χ2n) is 6.57. The highest BCUT2D eigenvalue weighted by Crippen LogP contribution is 2.33.